The first-order valence-corrected chi connectivity index (χ1v) is 9.51. The van der Waals surface area contributed by atoms with Crippen LogP contribution in [0.4, 0.5) is 11.4 Å². The van der Waals surface area contributed by atoms with Crippen LogP contribution in [-0.4, -0.2) is 31.7 Å². The number of nitrogens with two attached hydrogens (primary N) is 1. The van der Waals surface area contributed by atoms with E-state index in [1.807, 2.05) is 13.0 Å². The van der Waals surface area contributed by atoms with E-state index in [0.29, 0.717) is 30.0 Å². The molecule has 3 N–H and O–H groups in total. The number of nitrogens with zero attached hydrogens (tertiary/aromatic N) is 1. The quantitative estimate of drug-likeness (QED) is 0.731. The predicted molar refractivity (Wildman–Crippen MR) is 107 cm³/mol. The Labute approximate surface area is 160 Å². The molecule has 2 rings (SSSR count). The van der Waals surface area contributed by atoms with Gasteiger partial charge in [-0.25, -0.2) is 8.42 Å². The highest BCUT2D eigenvalue weighted by molar-refractivity contribution is 7.89. The van der Waals surface area contributed by atoms with Crippen molar-refractivity contribution >= 4 is 39.7 Å². The lowest BCUT2D eigenvalue weighted by Gasteiger charge is -2.18. The van der Waals surface area contributed by atoms with Gasteiger partial charge >= 0.3 is 0 Å². The molecule has 6 nitrogen and oxygen atoms in total. The second kappa shape index (κ2) is 9.02. The van der Waals surface area contributed by atoms with Gasteiger partial charge < -0.3 is 11.1 Å². The number of carbonyl (C=O) groups is 1. The van der Waals surface area contributed by atoms with Crippen LogP contribution >= 0.6 is 12.4 Å². The molecule has 0 spiro atoms. The number of rotatable bonds is 6. The van der Waals surface area contributed by atoms with E-state index >= 15 is 0 Å². The molecule has 0 aromatic heterocycles. The molecule has 1 amide bonds. The minimum absolute atomic E-state index is 0. The zero-order chi connectivity index (χ0) is 18.6. The van der Waals surface area contributed by atoms with Gasteiger partial charge in [-0.05, 0) is 48.9 Å². The maximum Gasteiger partial charge on any atom is 0.255 e. The summed E-state index contributed by atoms with van der Waals surface area (Å²) in [5.41, 5.74) is 8.20. The standard InChI is InChI=1S/C18H23N3O3S.ClH/c1-4-21(5-2)25(23,24)16-10-7-14(8-11-16)18(22)20-17-12-15(19)9-6-13(17)3;/h6-12H,4-5,19H2,1-3H3,(H,20,22);1H. The summed E-state index contributed by atoms with van der Waals surface area (Å²) in [7, 11) is -3.53. The van der Waals surface area contributed by atoms with Gasteiger partial charge in [0, 0.05) is 30.0 Å². The zero-order valence-corrected chi connectivity index (χ0v) is 16.7. The van der Waals surface area contributed by atoms with Crippen molar-refractivity contribution in [3.05, 3.63) is 53.6 Å². The summed E-state index contributed by atoms with van der Waals surface area (Å²) in [6.45, 7) is 6.24. The molecule has 0 unspecified atom stereocenters. The van der Waals surface area contributed by atoms with E-state index in [0.717, 1.165) is 5.56 Å². The van der Waals surface area contributed by atoms with Crippen LogP contribution in [0.3, 0.4) is 0 Å². The van der Waals surface area contributed by atoms with Gasteiger partial charge in [0.25, 0.3) is 5.91 Å². The smallest absolute Gasteiger partial charge is 0.255 e. The van der Waals surface area contributed by atoms with Gasteiger partial charge in [0.05, 0.1) is 4.90 Å². The lowest BCUT2D eigenvalue weighted by Crippen LogP contribution is -2.30. The van der Waals surface area contributed by atoms with E-state index in [9.17, 15) is 13.2 Å². The molecule has 142 valence electrons. The number of aryl methyl sites for hydroxylation is 1. The Balaban J connectivity index is 0.00000338. The third kappa shape index (κ3) is 4.75. The molecule has 0 fully saturated rings. The first-order chi connectivity index (χ1) is 11.8. The second-order valence-electron chi connectivity index (χ2n) is 5.64. The SMILES string of the molecule is CCN(CC)S(=O)(=O)c1ccc(C(=O)Nc2cc(N)ccc2C)cc1.Cl. The Morgan fingerprint density at radius 3 is 2.19 bits per heavy atom. The maximum atomic E-state index is 12.5. The molecule has 0 heterocycles. The molecule has 0 bridgehead atoms. The van der Waals surface area contributed by atoms with E-state index in [4.69, 9.17) is 5.73 Å². The number of nitrogen functional groups attached to an aromatic ring is 1. The van der Waals surface area contributed by atoms with Crippen molar-refractivity contribution in [2.45, 2.75) is 25.7 Å². The Kier molecular flexibility index (Phi) is 7.62. The molecule has 0 aliphatic carbocycles. The normalized spacial score (nSPS) is 11.1. The number of sulfonamides is 1. The number of hydrogen-bond donors (Lipinski definition) is 2. The lowest BCUT2D eigenvalue weighted by molar-refractivity contribution is 0.102. The van der Waals surface area contributed by atoms with Crippen LogP contribution in [0.1, 0.15) is 29.8 Å². The number of carbonyl (C=O) groups excluding carboxylic acids is 1. The second-order valence-corrected chi connectivity index (χ2v) is 7.58. The summed E-state index contributed by atoms with van der Waals surface area (Å²) in [6.07, 6.45) is 0. The summed E-state index contributed by atoms with van der Waals surface area (Å²) in [4.78, 5) is 12.5. The molecular formula is C18H24ClN3O3S. The third-order valence-electron chi connectivity index (χ3n) is 3.97. The molecule has 2 aromatic carbocycles. The Hall–Kier alpha value is -2.09. The van der Waals surface area contributed by atoms with Gasteiger partial charge in [0.15, 0.2) is 0 Å². The van der Waals surface area contributed by atoms with E-state index in [1.54, 1.807) is 26.0 Å². The van der Waals surface area contributed by atoms with Gasteiger partial charge in [0.1, 0.15) is 0 Å². The van der Waals surface area contributed by atoms with Crippen molar-refractivity contribution in [2.24, 2.45) is 0 Å². The third-order valence-corrected chi connectivity index (χ3v) is 6.03. The average molecular weight is 398 g/mol. The van der Waals surface area contributed by atoms with Crippen LogP contribution in [0.2, 0.25) is 0 Å². The summed E-state index contributed by atoms with van der Waals surface area (Å²) >= 11 is 0. The van der Waals surface area contributed by atoms with Crippen LogP contribution in [0.5, 0.6) is 0 Å². The first-order valence-electron chi connectivity index (χ1n) is 8.07. The van der Waals surface area contributed by atoms with Crippen molar-refractivity contribution in [3.63, 3.8) is 0 Å². The van der Waals surface area contributed by atoms with Gasteiger partial charge in [-0.2, -0.15) is 4.31 Å². The molecule has 0 radical (unpaired) electrons. The topological polar surface area (TPSA) is 92.5 Å². The fourth-order valence-electron chi connectivity index (χ4n) is 2.46. The summed E-state index contributed by atoms with van der Waals surface area (Å²) < 4.78 is 26.3. The number of hydrogen-bond acceptors (Lipinski definition) is 4. The Morgan fingerprint density at radius 1 is 1.08 bits per heavy atom. The highest BCUT2D eigenvalue weighted by Gasteiger charge is 2.21. The molecule has 8 heteroatoms. The summed E-state index contributed by atoms with van der Waals surface area (Å²) in [5.74, 6) is -0.319. The van der Waals surface area contributed by atoms with Crippen molar-refractivity contribution in [1.82, 2.24) is 4.31 Å². The van der Waals surface area contributed by atoms with Gasteiger partial charge in [-0.1, -0.05) is 19.9 Å². The first kappa shape index (κ1) is 22.0. The maximum absolute atomic E-state index is 12.5. The number of amides is 1. The molecule has 0 aliphatic heterocycles. The van der Waals surface area contributed by atoms with Crippen LogP contribution in [0.15, 0.2) is 47.4 Å². The van der Waals surface area contributed by atoms with Crippen LogP contribution < -0.4 is 11.1 Å². The zero-order valence-electron chi connectivity index (χ0n) is 15.0. The largest absolute Gasteiger partial charge is 0.399 e. The van der Waals surface area contributed by atoms with E-state index in [-0.39, 0.29) is 23.2 Å². The van der Waals surface area contributed by atoms with Crippen molar-refractivity contribution < 1.29 is 13.2 Å². The number of nitrogens with one attached hydrogen (secondary N) is 1. The van der Waals surface area contributed by atoms with Gasteiger partial charge in [-0.3, -0.25) is 4.79 Å². The highest BCUT2D eigenvalue weighted by atomic mass is 35.5. The van der Waals surface area contributed by atoms with Crippen LogP contribution in [0.25, 0.3) is 0 Å². The fraction of sp³-hybridized carbons (Fsp3) is 0.278. The average Bonchev–Trinajstić information content (AvgIpc) is 2.59. The molecule has 0 saturated heterocycles. The van der Waals surface area contributed by atoms with Crippen molar-refractivity contribution in [1.29, 1.82) is 0 Å². The predicted octanol–water partition coefficient (Wildman–Crippen LogP) is 3.28. The van der Waals surface area contributed by atoms with Crippen molar-refractivity contribution in [2.75, 3.05) is 24.1 Å². The Morgan fingerprint density at radius 2 is 1.65 bits per heavy atom. The summed E-state index contributed by atoms with van der Waals surface area (Å²) in [6, 6.07) is 11.2. The van der Waals surface area contributed by atoms with Crippen LogP contribution in [0, 0.1) is 6.92 Å². The molecule has 0 atom stereocenters. The molecule has 26 heavy (non-hydrogen) atoms. The molecular weight excluding hydrogens is 374 g/mol. The van der Waals surface area contributed by atoms with Gasteiger partial charge in [0.2, 0.25) is 10.0 Å². The van der Waals surface area contributed by atoms with Crippen LogP contribution in [-0.2, 0) is 10.0 Å². The van der Waals surface area contributed by atoms with E-state index in [1.165, 1.54) is 28.6 Å². The minimum Gasteiger partial charge on any atom is -0.399 e. The Bertz CT molecular complexity index is 864. The van der Waals surface area contributed by atoms with E-state index < -0.39 is 10.0 Å². The van der Waals surface area contributed by atoms with Gasteiger partial charge in [-0.15, -0.1) is 12.4 Å². The number of benzene rings is 2. The molecule has 2 aromatic rings. The molecule has 0 aliphatic rings. The number of halogens is 1. The number of anilines is 2. The minimum atomic E-state index is -3.53. The molecule has 0 saturated carbocycles. The van der Waals surface area contributed by atoms with Crippen molar-refractivity contribution in [3.8, 4) is 0 Å². The highest BCUT2D eigenvalue weighted by Crippen LogP contribution is 2.20. The summed E-state index contributed by atoms with van der Waals surface area (Å²) in [5, 5.41) is 2.79. The lowest BCUT2D eigenvalue weighted by atomic mass is 10.1. The monoisotopic (exact) mass is 397 g/mol. The van der Waals surface area contributed by atoms with E-state index in [2.05, 4.69) is 5.32 Å². The fourth-order valence-corrected chi connectivity index (χ4v) is 3.92.